The number of fused-ring (bicyclic) bond motifs is 6. The maximum absolute atomic E-state index is 6.63. The normalized spacial score (nSPS) is 11.5. The van der Waals surface area contributed by atoms with Gasteiger partial charge in [0.2, 0.25) is 0 Å². The predicted octanol–water partition coefficient (Wildman–Crippen LogP) is 16.5. The van der Waals surface area contributed by atoms with E-state index in [1.165, 1.54) is 27.4 Å². The van der Waals surface area contributed by atoms with E-state index in [1.807, 2.05) is 30.3 Å². The molecule has 5 nitrogen and oxygen atoms in total. The van der Waals surface area contributed by atoms with E-state index in [1.54, 1.807) is 0 Å². The molecule has 10 aromatic carbocycles. The van der Waals surface area contributed by atoms with Gasteiger partial charge in [0.1, 0.15) is 11.2 Å². The lowest BCUT2D eigenvalue weighted by molar-refractivity contribution is 0.669. The number of nitrogens with zero attached hydrogens (tertiary/aromatic N) is 4. The van der Waals surface area contributed by atoms with E-state index >= 15 is 0 Å². The SMILES string of the molecule is c1ccc(-c2cccc(-n3c4ccccc4c4cc(-c5ccc6c(c5)oc5ccc(-c7nc(-c8ccccc8-c8ccccc8)nc(-c8ccccc8-c8ccccc8)n7)cc56)ccc43)c2)cc1. The number of furan rings is 1. The lowest BCUT2D eigenvalue weighted by Gasteiger charge is -2.14. The van der Waals surface area contributed by atoms with Crippen LogP contribution >= 0.6 is 0 Å². The lowest BCUT2D eigenvalue weighted by Crippen LogP contribution is -2.02. The molecule has 0 radical (unpaired) electrons. The molecule has 0 atom stereocenters. The van der Waals surface area contributed by atoms with Gasteiger partial charge in [-0.1, -0.05) is 182 Å². The van der Waals surface area contributed by atoms with Gasteiger partial charge in [0.05, 0.1) is 11.0 Å². The zero-order valence-corrected chi connectivity index (χ0v) is 36.8. The van der Waals surface area contributed by atoms with Crippen LogP contribution in [0.25, 0.3) is 128 Å². The van der Waals surface area contributed by atoms with Crippen molar-refractivity contribution in [2.24, 2.45) is 0 Å². The highest BCUT2D eigenvalue weighted by Gasteiger charge is 2.20. The van der Waals surface area contributed by atoms with Crippen molar-refractivity contribution in [1.82, 2.24) is 19.5 Å². The number of hydrogen-bond donors (Lipinski definition) is 0. The van der Waals surface area contributed by atoms with Crippen LogP contribution in [0, 0.1) is 0 Å². The number of benzene rings is 10. The predicted molar refractivity (Wildman–Crippen MR) is 279 cm³/mol. The van der Waals surface area contributed by atoms with Crippen molar-refractivity contribution in [3.05, 3.63) is 243 Å². The van der Waals surface area contributed by atoms with Crippen molar-refractivity contribution < 1.29 is 4.42 Å². The van der Waals surface area contributed by atoms with Crippen LogP contribution in [-0.2, 0) is 0 Å². The Balaban J connectivity index is 0.915. The standard InChI is InChI=1S/C63H40N4O/c1-4-17-41(18-5-1)44-23-16-24-48(37-44)67-57-30-15-14-27-51(57)55-38-45(32-35-58(55)67)46-31-34-52-56-39-47(33-36-59(56)68-60(52)40-46)61-64-62(53-28-12-10-25-49(53)42-19-6-2-7-20-42)66-63(65-61)54-29-13-11-26-50(54)43-21-8-3-9-22-43/h1-40H. The van der Waals surface area contributed by atoms with Crippen LogP contribution in [0.5, 0.6) is 0 Å². The summed E-state index contributed by atoms with van der Waals surface area (Å²) in [5.41, 5.74) is 16.7. The average molecular weight is 869 g/mol. The molecule has 3 aromatic heterocycles. The Bertz CT molecular complexity index is 3920. The second kappa shape index (κ2) is 16.4. The smallest absolute Gasteiger partial charge is 0.164 e. The molecule has 3 heterocycles. The van der Waals surface area contributed by atoms with Crippen molar-refractivity contribution in [1.29, 1.82) is 0 Å². The minimum absolute atomic E-state index is 0.586. The van der Waals surface area contributed by atoms with E-state index in [9.17, 15) is 0 Å². The van der Waals surface area contributed by atoms with Gasteiger partial charge in [-0.3, -0.25) is 0 Å². The van der Waals surface area contributed by atoms with Crippen LogP contribution < -0.4 is 0 Å². The van der Waals surface area contributed by atoms with E-state index in [-0.39, 0.29) is 0 Å². The zero-order chi connectivity index (χ0) is 45.0. The van der Waals surface area contributed by atoms with Crippen molar-refractivity contribution >= 4 is 43.7 Å². The van der Waals surface area contributed by atoms with Crippen LogP contribution in [-0.4, -0.2) is 19.5 Å². The first-order valence-corrected chi connectivity index (χ1v) is 22.9. The third kappa shape index (κ3) is 6.84. The molecular weight excluding hydrogens is 829 g/mol. The second-order valence-electron chi connectivity index (χ2n) is 17.2. The Morgan fingerprint density at radius 1 is 0.265 bits per heavy atom. The summed E-state index contributed by atoms with van der Waals surface area (Å²) in [6.45, 7) is 0. The molecule has 0 bridgehead atoms. The van der Waals surface area contributed by atoms with Gasteiger partial charge in [-0.15, -0.1) is 0 Å². The van der Waals surface area contributed by atoms with E-state index in [2.05, 4.69) is 217 Å². The quantitative estimate of drug-likeness (QED) is 0.153. The summed E-state index contributed by atoms with van der Waals surface area (Å²) in [6, 6.07) is 85.1. The third-order valence-corrected chi connectivity index (χ3v) is 13.1. The van der Waals surface area contributed by atoms with Crippen molar-refractivity contribution in [3.63, 3.8) is 0 Å². The third-order valence-electron chi connectivity index (χ3n) is 13.1. The summed E-state index contributed by atoms with van der Waals surface area (Å²) in [7, 11) is 0. The maximum Gasteiger partial charge on any atom is 0.164 e. The number of rotatable bonds is 8. The van der Waals surface area contributed by atoms with Crippen LogP contribution in [0.2, 0.25) is 0 Å². The van der Waals surface area contributed by atoms with Crippen molar-refractivity contribution in [2.45, 2.75) is 0 Å². The average Bonchev–Trinajstić information content (AvgIpc) is 3.96. The first-order chi connectivity index (χ1) is 33.7. The molecule has 13 aromatic rings. The molecule has 0 saturated carbocycles. The molecule has 0 aliphatic rings. The van der Waals surface area contributed by atoms with Gasteiger partial charge in [0.15, 0.2) is 17.5 Å². The highest BCUT2D eigenvalue weighted by Crippen LogP contribution is 2.40. The summed E-state index contributed by atoms with van der Waals surface area (Å²) >= 11 is 0. The van der Waals surface area contributed by atoms with Crippen LogP contribution in [0.1, 0.15) is 0 Å². The van der Waals surface area contributed by atoms with Crippen LogP contribution in [0.4, 0.5) is 0 Å². The molecule has 13 rings (SSSR count). The van der Waals surface area contributed by atoms with Crippen molar-refractivity contribution in [2.75, 3.05) is 0 Å². The van der Waals surface area contributed by atoms with E-state index < -0.39 is 0 Å². The van der Waals surface area contributed by atoms with Gasteiger partial charge in [0.25, 0.3) is 0 Å². The maximum atomic E-state index is 6.63. The number of hydrogen-bond acceptors (Lipinski definition) is 4. The number of para-hydroxylation sites is 1. The molecule has 0 N–H and O–H groups in total. The van der Waals surface area contributed by atoms with Crippen LogP contribution in [0.3, 0.4) is 0 Å². The monoisotopic (exact) mass is 868 g/mol. The fourth-order valence-electron chi connectivity index (χ4n) is 9.82. The van der Waals surface area contributed by atoms with E-state index in [0.717, 1.165) is 83.2 Å². The van der Waals surface area contributed by atoms with Gasteiger partial charge in [0, 0.05) is 43.9 Å². The lowest BCUT2D eigenvalue weighted by atomic mass is 9.98. The summed E-state index contributed by atoms with van der Waals surface area (Å²) < 4.78 is 9.01. The van der Waals surface area contributed by atoms with Gasteiger partial charge in [-0.05, 0) is 105 Å². The highest BCUT2D eigenvalue weighted by molar-refractivity contribution is 6.11. The van der Waals surface area contributed by atoms with Gasteiger partial charge in [-0.2, -0.15) is 0 Å². The molecule has 0 unspecified atom stereocenters. The second-order valence-corrected chi connectivity index (χ2v) is 17.2. The minimum Gasteiger partial charge on any atom is -0.456 e. The molecule has 0 amide bonds. The Hall–Kier alpha value is -9.19. The molecule has 0 aliphatic heterocycles. The summed E-state index contributed by atoms with van der Waals surface area (Å²) in [5, 5.41) is 4.44. The summed E-state index contributed by atoms with van der Waals surface area (Å²) in [5.74, 6) is 1.80. The number of aromatic nitrogens is 4. The zero-order valence-electron chi connectivity index (χ0n) is 36.8. The highest BCUT2D eigenvalue weighted by atomic mass is 16.3. The molecule has 68 heavy (non-hydrogen) atoms. The fraction of sp³-hybridized carbons (Fsp3) is 0. The summed E-state index contributed by atoms with van der Waals surface area (Å²) in [6.07, 6.45) is 0. The van der Waals surface area contributed by atoms with E-state index in [0.29, 0.717) is 17.5 Å². The van der Waals surface area contributed by atoms with Gasteiger partial charge >= 0.3 is 0 Å². The minimum atomic E-state index is 0.586. The molecular formula is C63H40N4O. The molecule has 0 spiro atoms. The fourth-order valence-corrected chi connectivity index (χ4v) is 9.82. The van der Waals surface area contributed by atoms with Gasteiger partial charge < -0.3 is 8.98 Å². The largest absolute Gasteiger partial charge is 0.456 e. The topological polar surface area (TPSA) is 56.7 Å². The molecule has 318 valence electrons. The van der Waals surface area contributed by atoms with Crippen molar-refractivity contribution in [3.8, 4) is 84.4 Å². The Kier molecular flexibility index (Phi) is 9.43. The first kappa shape index (κ1) is 39.2. The molecule has 0 saturated heterocycles. The first-order valence-electron chi connectivity index (χ1n) is 22.9. The Labute approximate surface area is 392 Å². The molecule has 0 aliphatic carbocycles. The Morgan fingerprint density at radius 3 is 1.46 bits per heavy atom. The van der Waals surface area contributed by atoms with Crippen LogP contribution in [0.15, 0.2) is 247 Å². The summed E-state index contributed by atoms with van der Waals surface area (Å²) in [4.78, 5) is 15.7. The molecule has 5 heteroatoms. The molecule has 0 fully saturated rings. The van der Waals surface area contributed by atoms with E-state index in [4.69, 9.17) is 19.4 Å². The Morgan fingerprint density at radius 2 is 0.765 bits per heavy atom. The van der Waals surface area contributed by atoms with Gasteiger partial charge in [-0.25, -0.2) is 15.0 Å².